The van der Waals surface area contributed by atoms with E-state index in [1.165, 1.54) is 4.90 Å². The highest BCUT2D eigenvalue weighted by Gasteiger charge is 2.19. The molecule has 1 aromatic carbocycles. The summed E-state index contributed by atoms with van der Waals surface area (Å²) in [5, 5.41) is 13.2. The number of alkyl halides is 1. The molecule has 0 saturated carbocycles. The van der Waals surface area contributed by atoms with Gasteiger partial charge >= 0.3 is 12.0 Å². The van der Waals surface area contributed by atoms with Crippen LogP contribution in [0.3, 0.4) is 0 Å². The molecule has 0 aliphatic rings. The fourth-order valence-corrected chi connectivity index (χ4v) is 1.78. The second-order valence-corrected chi connectivity index (χ2v) is 4.94. The first-order valence-electron chi connectivity index (χ1n) is 7.05. The van der Waals surface area contributed by atoms with Crippen LogP contribution in [0.5, 0.6) is 0 Å². The summed E-state index contributed by atoms with van der Waals surface area (Å²) in [6, 6.07) is 7.48. The van der Waals surface area contributed by atoms with Gasteiger partial charge in [0.1, 0.15) is 6.67 Å². The van der Waals surface area contributed by atoms with E-state index < -0.39 is 24.6 Å². The lowest BCUT2D eigenvalue weighted by Gasteiger charge is -2.18. The molecule has 1 aromatic rings. The van der Waals surface area contributed by atoms with Gasteiger partial charge in [0.2, 0.25) is 5.91 Å². The van der Waals surface area contributed by atoms with E-state index in [4.69, 9.17) is 5.11 Å². The van der Waals surface area contributed by atoms with Crippen LogP contribution in [-0.2, 0) is 16.1 Å². The number of urea groups is 1. The van der Waals surface area contributed by atoms with E-state index in [0.717, 1.165) is 5.56 Å². The molecule has 0 spiro atoms. The average Bonchev–Trinajstić information content (AvgIpc) is 2.53. The third kappa shape index (κ3) is 6.77. The number of nitrogens with one attached hydrogen (secondary N) is 2. The molecule has 0 fully saturated rings. The zero-order valence-electron chi connectivity index (χ0n) is 12.8. The molecule has 0 aliphatic heterocycles. The van der Waals surface area contributed by atoms with E-state index in [-0.39, 0.29) is 19.0 Å². The van der Waals surface area contributed by atoms with E-state index in [2.05, 4.69) is 5.32 Å². The van der Waals surface area contributed by atoms with Crippen LogP contribution < -0.4 is 10.6 Å². The number of hydrogen-bond acceptors (Lipinski definition) is 3. The van der Waals surface area contributed by atoms with Crippen LogP contribution >= 0.6 is 0 Å². The Morgan fingerprint density at radius 2 is 1.91 bits per heavy atom. The number of benzene rings is 1. The summed E-state index contributed by atoms with van der Waals surface area (Å²) >= 11 is 0. The molecule has 3 N–H and O–H groups in total. The van der Waals surface area contributed by atoms with Gasteiger partial charge in [0.25, 0.3) is 0 Å². The fourth-order valence-electron chi connectivity index (χ4n) is 1.78. The molecule has 0 radical (unpaired) electrons. The zero-order valence-corrected chi connectivity index (χ0v) is 12.8. The lowest BCUT2D eigenvalue weighted by Crippen LogP contribution is -2.44. The molecule has 1 atom stereocenters. The number of carbonyl (C=O) groups excluding carboxylic acids is 2. The number of carboxylic acids is 1. The molecule has 1 unspecified atom stereocenters. The van der Waals surface area contributed by atoms with E-state index in [1.807, 2.05) is 35.6 Å². The van der Waals surface area contributed by atoms with Crippen molar-refractivity contribution in [1.82, 2.24) is 15.5 Å². The lowest BCUT2D eigenvalue weighted by molar-refractivity contribution is -0.142. The van der Waals surface area contributed by atoms with Crippen LogP contribution in [0.4, 0.5) is 9.18 Å². The predicted octanol–water partition coefficient (Wildman–Crippen LogP) is 0.757. The first kappa shape index (κ1) is 18.4. The molecule has 1 rings (SSSR count). The van der Waals surface area contributed by atoms with Crippen LogP contribution in [0.15, 0.2) is 30.3 Å². The van der Waals surface area contributed by atoms with Gasteiger partial charge in [0.15, 0.2) is 6.04 Å². The Morgan fingerprint density at radius 3 is 2.48 bits per heavy atom. The van der Waals surface area contributed by atoms with Gasteiger partial charge in [-0.15, -0.1) is 0 Å². The van der Waals surface area contributed by atoms with Crippen LogP contribution in [0.1, 0.15) is 12.0 Å². The lowest BCUT2D eigenvalue weighted by atomic mass is 10.2. The fraction of sp³-hybridized carbons (Fsp3) is 0.400. The Morgan fingerprint density at radius 1 is 1.26 bits per heavy atom. The Labute approximate surface area is 133 Å². The summed E-state index contributed by atoms with van der Waals surface area (Å²) in [7, 11) is 1.62. The summed E-state index contributed by atoms with van der Waals surface area (Å²) in [6.07, 6.45) is -0.130. The average molecular weight is 325 g/mol. The van der Waals surface area contributed by atoms with Gasteiger partial charge in [0, 0.05) is 26.6 Å². The monoisotopic (exact) mass is 325 g/mol. The minimum Gasteiger partial charge on any atom is -0.480 e. The number of nitrogens with zero attached hydrogens (tertiary/aromatic N) is 1. The van der Waals surface area contributed by atoms with Crippen molar-refractivity contribution in [1.29, 1.82) is 0 Å². The van der Waals surface area contributed by atoms with E-state index in [9.17, 15) is 18.8 Å². The summed E-state index contributed by atoms with van der Waals surface area (Å²) in [5.74, 6) is -2.08. The highest BCUT2D eigenvalue weighted by Crippen LogP contribution is 2.02. The van der Waals surface area contributed by atoms with Gasteiger partial charge in [-0.3, -0.25) is 4.79 Å². The van der Waals surface area contributed by atoms with Crippen LogP contribution in [0.2, 0.25) is 0 Å². The van der Waals surface area contributed by atoms with Crippen molar-refractivity contribution in [2.45, 2.75) is 19.0 Å². The number of hydrogen-bond donors (Lipinski definition) is 3. The quantitative estimate of drug-likeness (QED) is 0.657. The number of amides is 3. The smallest absolute Gasteiger partial charge is 0.328 e. The minimum atomic E-state index is -1.56. The standard InChI is InChI=1S/C15H20FN3O4/c1-19(10-11-5-3-2-4-6-11)15(23)17-8-7-13(20)18-12(9-16)14(21)22/h2-6,12H,7-10H2,1H3,(H,17,23)(H,18,20)(H,21,22). The third-order valence-corrected chi connectivity index (χ3v) is 3.03. The van der Waals surface area contributed by atoms with Crippen molar-refractivity contribution in [2.24, 2.45) is 0 Å². The molecule has 7 nitrogen and oxygen atoms in total. The van der Waals surface area contributed by atoms with E-state index in [1.54, 1.807) is 7.05 Å². The van der Waals surface area contributed by atoms with Crippen LogP contribution in [0.25, 0.3) is 0 Å². The highest BCUT2D eigenvalue weighted by atomic mass is 19.1. The number of aliphatic carboxylic acids is 1. The maximum atomic E-state index is 12.4. The Balaban J connectivity index is 2.30. The van der Waals surface area contributed by atoms with Gasteiger partial charge in [-0.1, -0.05) is 30.3 Å². The molecule has 8 heteroatoms. The molecule has 0 aliphatic carbocycles. The van der Waals surface area contributed by atoms with Gasteiger partial charge < -0.3 is 20.6 Å². The Bertz CT molecular complexity index is 539. The van der Waals surface area contributed by atoms with E-state index in [0.29, 0.717) is 6.54 Å². The van der Waals surface area contributed by atoms with Gasteiger partial charge in [-0.2, -0.15) is 0 Å². The topological polar surface area (TPSA) is 98.7 Å². The number of rotatable bonds is 8. The molecule has 0 saturated heterocycles. The number of halogens is 1. The molecule has 0 heterocycles. The number of carbonyl (C=O) groups is 3. The summed E-state index contributed by atoms with van der Waals surface area (Å²) in [4.78, 5) is 35.3. The van der Waals surface area contributed by atoms with Crippen molar-refractivity contribution >= 4 is 17.9 Å². The molecule has 126 valence electrons. The van der Waals surface area contributed by atoms with Crippen LogP contribution in [-0.4, -0.2) is 54.2 Å². The van der Waals surface area contributed by atoms with E-state index >= 15 is 0 Å². The van der Waals surface area contributed by atoms with Gasteiger partial charge in [-0.05, 0) is 5.56 Å². The summed E-state index contributed by atoms with van der Waals surface area (Å²) in [5.41, 5.74) is 0.968. The first-order chi connectivity index (χ1) is 10.9. The van der Waals surface area contributed by atoms with Gasteiger partial charge in [0.05, 0.1) is 0 Å². The number of carboxylic acid groups (broad SMARTS) is 1. The molecular weight excluding hydrogens is 305 g/mol. The second kappa shape index (κ2) is 9.39. The molecular formula is C15H20FN3O4. The third-order valence-electron chi connectivity index (χ3n) is 3.03. The largest absolute Gasteiger partial charge is 0.480 e. The van der Waals surface area contributed by atoms with Gasteiger partial charge in [-0.25, -0.2) is 14.0 Å². The van der Waals surface area contributed by atoms with Crippen molar-refractivity contribution in [3.8, 4) is 0 Å². The molecule has 0 bridgehead atoms. The predicted molar refractivity (Wildman–Crippen MR) is 81.5 cm³/mol. The minimum absolute atomic E-state index is 0.0302. The van der Waals surface area contributed by atoms with Crippen molar-refractivity contribution in [3.05, 3.63) is 35.9 Å². The SMILES string of the molecule is CN(Cc1ccccc1)C(=O)NCCC(=O)NC(CF)C(=O)O. The maximum absolute atomic E-state index is 12.4. The van der Waals surface area contributed by atoms with Crippen molar-refractivity contribution in [3.63, 3.8) is 0 Å². The van der Waals surface area contributed by atoms with Crippen LogP contribution in [0, 0.1) is 0 Å². The highest BCUT2D eigenvalue weighted by molar-refractivity contribution is 5.84. The second-order valence-electron chi connectivity index (χ2n) is 4.94. The summed E-state index contributed by atoms with van der Waals surface area (Å²) < 4.78 is 12.4. The molecule has 23 heavy (non-hydrogen) atoms. The Hall–Kier alpha value is -2.64. The zero-order chi connectivity index (χ0) is 17.2. The normalized spacial score (nSPS) is 11.4. The first-order valence-corrected chi connectivity index (χ1v) is 7.05. The summed E-state index contributed by atoms with van der Waals surface area (Å²) in [6.45, 7) is -0.739. The molecule has 3 amide bonds. The maximum Gasteiger partial charge on any atom is 0.328 e. The molecule has 0 aromatic heterocycles. The van der Waals surface area contributed by atoms with Crippen molar-refractivity contribution in [2.75, 3.05) is 20.3 Å². The van der Waals surface area contributed by atoms with Crippen molar-refractivity contribution < 1.29 is 23.9 Å². The Kier molecular flexibility index (Phi) is 7.52.